The quantitative estimate of drug-likeness (QED) is 0.655. The molecule has 30 heavy (non-hydrogen) atoms. The zero-order chi connectivity index (χ0) is 21.4. The van der Waals surface area contributed by atoms with E-state index in [-0.39, 0.29) is 17.5 Å². The van der Waals surface area contributed by atoms with Crippen LogP contribution in [-0.4, -0.2) is 45.2 Å². The highest BCUT2D eigenvalue weighted by Crippen LogP contribution is 2.47. The molecule has 154 valence electrons. The monoisotopic (exact) mass is 408 g/mol. The van der Waals surface area contributed by atoms with E-state index in [9.17, 15) is 24.6 Å². The maximum Gasteiger partial charge on any atom is 0.417 e. The Morgan fingerprint density at radius 1 is 1.17 bits per heavy atom. The highest BCUT2D eigenvalue weighted by molar-refractivity contribution is 6.06. The van der Waals surface area contributed by atoms with Crippen molar-refractivity contribution < 1.29 is 29.3 Å². The molecular weight excluding hydrogens is 388 g/mol. The summed E-state index contributed by atoms with van der Waals surface area (Å²) in [4.78, 5) is 37.6. The van der Waals surface area contributed by atoms with E-state index >= 15 is 0 Å². The summed E-state index contributed by atoms with van der Waals surface area (Å²) in [6.45, 7) is 1.53. The first-order valence-electron chi connectivity index (χ1n) is 9.48. The SMILES string of the molecule is C[C@@H](O)[C@H]1C(=O)N2C(C(=O)O)=C(c3cccc(OC(=O)Nc4ccccc4)c3)C[C@H]12. The lowest BCUT2D eigenvalue weighted by atomic mass is 9.82. The first kappa shape index (κ1) is 19.7. The average molecular weight is 408 g/mol. The number of β-lactam (4-membered cyclic amide) rings is 1. The number of aliphatic hydroxyl groups excluding tert-OH is 1. The van der Waals surface area contributed by atoms with E-state index in [4.69, 9.17) is 4.74 Å². The van der Waals surface area contributed by atoms with E-state index in [1.54, 1.807) is 48.5 Å². The van der Waals surface area contributed by atoms with Gasteiger partial charge in [0.15, 0.2) is 0 Å². The van der Waals surface area contributed by atoms with Gasteiger partial charge in [0, 0.05) is 5.69 Å². The van der Waals surface area contributed by atoms with Crippen LogP contribution in [0.4, 0.5) is 10.5 Å². The highest BCUT2D eigenvalue weighted by Gasteiger charge is 2.56. The molecule has 0 unspecified atom stereocenters. The molecule has 2 aromatic rings. The molecule has 1 saturated heterocycles. The Labute approximate surface area is 172 Å². The predicted molar refractivity (Wildman–Crippen MR) is 108 cm³/mol. The molecular formula is C22H20N2O6. The fourth-order valence-electron chi connectivity index (χ4n) is 4.05. The first-order chi connectivity index (χ1) is 14.4. The topological polar surface area (TPSA) is 116 Å². The third-order valence-corrected chi connectivity index (χ3v) is 5.34. The molecule has 3 N–H and O–H groups in total. The fraction of sp³-hybridized carbons (Fsp3) is 0.227. The van der Waals surface area contributed by atoms with Gasteiger partial charge in [0.1, 0.15) is 11.4 Å². The summed E-state index contributed by atoms with van der Waals surface area (Å²) < 4.78 is 5.32. The van der Waals surface area contributed by atoms with E-state index in [0.29, 0.717) is 23.2 Å². The molecule has 0 aromatic heterocycles. The Bertz CT molecular complexity index is 1050. The van der Waals surface area contributed by atoms with Gasteiger partial charge in [-0.2, -0.15) is 0 Å². The number of aliphatic hydroxyl groups is 1. The van der Waals surface area contributed by atoms with Crippen LogP contribution in [0, 0.1) is 5.92 Å². The zero-order valence-corrected chi connectivity index (χ0v) is 16.1. The number of carboxylic acid groups (broad SMARTS) is 1. The van der Waals surface area contributed by atoms with Crippen LogP contribution in [0.25, 0.3) is 5.57 Å². The Kier molecular flexibility index (Phi) is 5.01. The van der Waals surface area contributed by atoms with Gasteiger partial charge in [0.05, 0.1) is 18.1 Å². The van der Waals surface area contributed by atoms with Gasteiger partial charge in [-0.3, -0.25) is 10.1 Å². The molecule has 2 aromatic carbocycles. The standard InChI is InChI=1S/C22H20N2O6/c1-12(25)18-17-11-16(19(21(27)28)24(17)20(18)26)13-6-5-9-15(10-13)30-22(29)23-14-7-3-2-4-8-14/h2-10,12,17-18,25H,11H2,1H3,(H,23,29)(H,27,28)/t12-,17-,18-/m1/s1. The second-order valence-electron chi connectivity index (χ2n) is 7.29. The van der Waals surface area contributed by atoms with Crippen molar-refractivity contribution in [1.29, 1.82) is 0 Å². The van der Waals surface area contributed by atoms with Crippen LogP contribution < -0.4 is 10.1 Å². The van der Waals surface area contributed by atoms with E-state index in [1.807, 2.05) is 6.07 Å². The van der Waals surface area contributed by atoms with Crippen molar-refractivity contribution in [3.05, 3.63) is 65.9 Å². The molecule has 0 bridgehead atoms. The van der Waals surface area contributed by atoms with Gasteiger partial charge in [-0.25, -0.2) is 9.59 Å². The van der Waals surface area contributed by atoms with Crippen molar-refractivity contribution in [1.82, 2.24) is 4.90 Å². The van der Waals surface area contributed by atoms with Gasteiger partial charge < -0.3 is 19.8 Å². The van der Waals surface area contributed by atoms with Gasteiger partial charge in [-0.05, 0) is 48.7 Å². The fourth-order valence-corrected chi connectivity index (χ4v) is 4.05. The number of benzene rings is 2. The Balaban J connectivity index is 1.57. The number of hydrogen-bond donors (Lipinski definition) is 3. The minimum atomic E-state index is -1.21. The number of para-hydroxylation sites is 1. The number of carbonyl (C=O) groups excluding carboxylic acids is 2. The maximum absolute atomic E-state index is 12.4. The molecule has 0 spiro atoms. The Morgan fingerprint density at radius 2 is 1.90 bits per heavy atom. The van der Waals surface area contributed by atoms with Gasteiger partial charge in [-0.1, -0.05) is 30.3 Å². The number of carboxylic acids is 1. The normalized spacial score (nSPS) is 21.0. The van der Waals surface area contributed by atoms with Crippen LogP contribution in [0.3, 0.4) is 0 Å². The number of amides is 2. The second-order valence-corrected chi connectivity index (χ2v) is 7.29. The van der Waals surface area contributed by atoms with Crippen molar-refractivity contribution in [2.45, 2.75) is 25.5 Å². The number of nitrogens with zero attached hydrogens (tertiary/aromatic N) is 1. The largest absolute Gasteiger partial charge is 0.477 e. The molecule has 4 rings (SSSR count). The zero-order valence-electron chi connectivity index (χ0n) is 16.1. The number of nitrogens with one attached hydrogen (secondary N) is 1. The van der Waals surface area contributed by atoms with Crippen LogP contribution in [0.2, 0.25) is 0 Å². The van der Waals surface area contributed by atoms with Crippen molar-refractivity contribution in [2.24, 2.45) is 5.92 Å². The van der Waals surface area contributed by atoms with Crippen LogP contribution in [0.5, 0.6) is 5.75 Å². The van der Waals surface area contributed by atoms with E-state index in [0.717, 1.165) is 0 Å². The highest BCUT2D eigenvalue weighted by atomic mass is 16.6. The number of ether oxygens (including phenoxy) is 1. The van der Waals surface area contributed by atoms with Crippen LogP contribution in [0.15, 0.2) is 60.3 Å². The molecule has 0 saturated carbocycles. The Hall–Kier alpha value is -3.65. The van der Waals surface area contributed by atoms with Crippen molar-refractivity contribution in [2.75, 3.05) is 5.32 Å². The molecule has 2 aliphatic rings. The number of hydrogen-bond acceptors (Lipinski definition) is 5. The number of anilines is 1. The number of carbonyl (C=O) groups is 3. The summed E-state index contributed by atoms with van der Waals surface area (Å²) in [6, 6.07) is 14.9. The average Bonchev–Trinajstić information content (AvgIpc) is 3.04. The van der Waals surface area contributed by atoms with Crippen LogP contribution in [0.1, 0.15) is 18.9 Å². The summed E-state index contributed by atoms with van der Waals surface area (Å²) in [6.07, 6.45) is -1.22. The molecule has 8 nitrogen and oxygen atoms in total. The van der Waals surface area contributed by atoms with Crippen molar-refractivity contribution in [3.8, 4) is 5.75 Å². The maximum atomic E-state index is 12.4. The summed E-state index contributed by atoms with van der Waals surface area (Å²) >= 11 is 0. The summed E-state index contributed by atoms with van der Waals surface area (Å²) in [5, 5.41) is 22.1. The van der Waals surface area contributed by atoms with Crippen molar-refractivity contribution in [3.63, 3.8) is 0 Å². The molecule has 3 atom stereocenters. The molecule has 1 fully saturated rings. The molecule has 8 heteroatoms. The van der Waals surface area contributed by atoms with Gasteiger partial charge in [0.25, 0.3) is 0 Å². The lowest BCUT2D eigenvalue weighted by Crippen LogP contribution is -2.61. The third-order valence-electron chi connectivity index (χ3n) is 5.34. The molecule has 0 aliphatic carbocycles. The predicted octanol–water partition coefficient (Wildman–Crippen LogP) is 2.70. The number of aliphatic carboxylic acids is 1. The van der Waals surface area contributed by atoms with Gasteiger partial charge >= 0.3 is 12.1 Å². The summed E-state index contributed by atoms with van der Waals surface area (Å²) in [5.41, 5.74) is 1.51. The van der Waals surface area contributed by atoms with Crippen LogP contribution >= 0.6 is 0 Å². The molecule has 2 amide bonds. The minimum absolute atomic E-state index is 0.0900. The first-order valence-corrected chi connectivity index (χ1v) is 9.48. The van der Waals surface area contributed by atoms with Crippen molar-refractivity contribution >= 4 is 29.2 Å². The van der Waals surface area contributed by atoms with Crippen LogP contribution in [-0.2, 0) is 9.59 Å². The lowest BCUT2D eigenvalue weighted by Gasteiger charge is -2.44. The summed E-state index contributed by atoms with van der Waals surface area (Å²) in [5.74, 6) is -1.98. The second kappa shape index (κ2) is 7.64. The third kappa shape index (κ3) is 3.42. The smallest absolute Gasteiger partial charge is 0.417 e. The minimum Gasteiger partial charge on any atom is -0.477 e. The van der Waals surface area contributed by atoms with Gasteiger partial charge in [0.2, 0.25) is 5.91 Å². The molecule has 2 heterocycles. The van der Waals surface area contributed by atoms with E-state index in [2.05, 4.69) is 5.32 Å². The molecule has 2 aliphatic heterocycles. The summed E-state index contributed by atoms with van der Waals surface area (Å²) in [7, 11) is 0. The Morgan fingerprint density at radius 3 is 2.57 bits per heavy atom. The lowest BCUT2D eigenvalue weighted by molar-refractivity contribution is -0.161. The van der Waals surface area contributed by atoms with E-state index in [1.165, 1.54) is 11.8 Å². The van der Waals surface area contributed by atoms with E-state index < -0.39 is 30.0 Å². The molecule has 0 radical (unpaired) electrons. The number of fused-ring (bicyclic) bond motifs is 1. The number of rotatable bonds is 5. The van der Waals surface area contributed by atoms with Gasteiger partial charge in [-0.15, -0.1) is 0 Å².